The quantitative estimate of drug-likeness (QED) is 0.0860. The van der Waals surface area contributed by atoms with Crippen LogP contribution < -0.4 is 11.1 Å². The number of carbonyl (C=O) groups excluding carboxylic acids is 3. The molecule has 2 aliphatic rings. The zero-order valence-corrected chi connectivity index (χ0v) is 28.7. The van der Waals surface area contributed by atoms with Crippen molar-refractivity contribution in [1.29, 1.82) is 0 Å². The molecule has 2 aliphatic heterocycles. The van der Waals surface area contributed by atoms with Crippen molar-refractivity contribution in [3.05, 3.63) is 190 Å². The van der Waals surface area contributed by atoms with Crippen LogP contribution in [0.15, 0.2) is 162 Å². The van der Waals surface area contributed by atoms with Gasteiger partial charge < -0.3 is 10.5 Å². The number of thioether (sulfide) groups is 2. The number of hydrogen-bond donors (Lipinski definition) is 2. The van der Waals surface area contributed by atoms with E-state index in [1.54, 1.807) is 11.8 Å². The molecule has 0 bridgehead atoms. The van der Waals surface area contributed by atoms with E-state index >= 15 is 0 Å². The fraction of sp³-hybridized carbons (Fsp3) is 0.146. The average Bonchev–Trinajstić information content (AvgIpc) is 3.17. The lowest BCUT2D eigenvalue weighted by Gasteiger charge is -2.53. The smallest absolute Gasteiger partial charge is 0.356 e. The molecule has 5 aromatic rings. The third-order valence-electron chi connectivity index (χ3n) is 8.94. The Morgan fingerprint density at radius 1 is 0.760 bits per heavy atom. The van der Waals surface area contributed by atoms with Crippen LogP contribution in [0.3, 0.4) is 0 Å². The number of ether oxygens (including phenoxy) is 1. The second-order valence-electron chi connectivity index (χ2n) is 12.0. The molecule has 0 aromatic heterocycles. The highest BCUT2D eigenvalue weighted by molar-refractivity contribution is 8.06. The van der Waals surface area contributed by atoms with Crippen molar-refractivity contribution in [3.63, 3.8) is 0 Å². The number of primary amides is 1. The number of rotatable bonds is 12. The summed E-state index contributed by atoms with van der Waals surface area (Å²) in [6.45, 7) is 0. The Hall–Kier alpha value is -5.09. The van der Waals surface area contributed by atoms with Crippen LogP contribution in [0.2, 0.25) is 0 Å². The van der Waals surface area contributed by atoms with E-state index in [9.17, 15) is 14.4 Å². The molecular formula is C41H35N3O4S2. The van der Waals surface area contributed by atoms with Crippen molar-refractivity contribution in [2.75, 3.05) is 11.5 Å². The summed E-state index contributed by atoms with van der Waals surface area (Å²) in [5.74, 6) is -1.02. The van der Waals surface area contributed by atoms with Gasteiger partial charge in [-0.15, -0.1) is 23.5 Å². The van der Waals surface area contributed by atoms with E-state index in [2.05, 4.69) is 41.7 Å². The Morgan fingerprint density at radius 2 is 1.20 bits per heavy atom. The fourth-order valence-corrected chi connectivity index (χ4v) is 9.01. The molecule has 0 unspecified atom stereocenters. The minimum absolute atomic E-state index is 0.0268. The van der Waals surface area contributed by atoms with Crippen molar-refractivity contribution in [1.82, 2.24) is 10.2 Å². The molecule has 7 nitrogen and oxygen atoms in total. The molecule has 250 valence electrons. The van der Waals surface area contributed by atoms with Crippen LogP contribution in [0.1, 0.15) is 33.9 Å². The minimum atomic E-state index is -0.881. The molecule has 0 aliphatic carbocycles. The number of carbonyl (C=O) groups is 3. The van der Waals surface area contributed by atoms with E-state index in [0.717, 1.165) is 27.8 Å². The van der Waals surface area contributed by atoms with Crippen LogP contribution >= 0.6 is 23.5 Å². The molecule has 0 radical (unpaired) electrons. The van der Waals surface area contributed by atoms with E-state index in [1.807, 2.05) is 115 Å². The van der Waals surface area contributed by atoms with Gasteiger partial charge in [0.05, 0.1) is 11.3 Å². The molecular weight excluding hydrogens is 663 g/mol. The van der Waals surface area contributed by atoms with Gasteiger partial charge in [0.25, 0.3) is 0 Å². The third kappa shape index (κ3) is 6.47. The maximum Gasteiger partial charge on any atom is 0.356 e. The zero-order valence-electron chi connectivity index (χ0n) is 27.1. The van der Waals surface area contributed by atoms with E-state index in [-0.39, 0.29) is 17.4 Å². The van der Waals surface area contributed by atoms with E-state index in [1.165, 1.54) is 16.7 Å². The van der Waals surface area contributed by atoms with Gasteiger partial charge in [-0.2, -0.15) is 0 Å². The Balaban J connectivity index is 1.27. The first-order chi connectivity index (χ1) is 24.5. The van der Waals surface area contributed by atoms with Gasteiger partial charge in [-0.3, -0.25) is 19.8 Å². The van der Waals surface area contributed by atoms with Crippen molar-refractivity contribution < 1.29 is 19.1 Å². The van der Waals surface area contributed by atoms with Gasteiger partial charge >= 0.3 is 5.97 Å². The fourth-order valence-electron chi connectivity index (χ4n) is 6.64. The Labute approximate surface area is 299 Å². The molecule has 5 aromatic carbocycles. The number of β-lactam (4-membered cyclic amide) rings is 1. The van der Waals surface area contributed by atoms with Gasteiger partial charge in [-0.1, -0.05) is 152 Å². The Morgan fingerprint density at radius 3 is 1.64 bits per heavy atom. The van der Waals surface area contributed by atoms with Gasteiger partial charge in [-0.05, 0) is 27.8 Å². The highest BCUT2D eigenvalue weighted by Crippen LogP contribution is 2.47. The lowest BCUT2D eigenvalue weighted by molar-refractivity contribution is -0.154. The molecule has 7 rings (SSSR count). The topological polar surface area (TPSA) is 102 Å². The molecule has 1 saturated heterocycles. The second-order valence-corrected chi connectivity index (χ2v) is 14.2. The number of nitrogens with one attached hydrogen (secondary N) is 1. The standard InChI is InChI=1S/C41H35N3O4S2/c42-34(45)27-49-33-26-50-39-35(43-41(30-20-10-3-11-21-30,31-22-12-4-13-23-31)32-24-14-5-15-25-32)38(46)44(39)36(33)40(47)48-37(28-16-6-1-7-17-28)29-18-8-2-9-19-29/h1-25,35,37,39,43H,26-27H2,(H2,42,45)/t35-,39-/m1/s1. The van der Waals surface area contributed by atoms with Gasteiger partial charge in [0.2, 0.25) is 11.8 Å². The summed E-state index contributed by atoms with van der Waals surface area (Å²) in [5.41, 5.74) is 9.34. The lowest BCUT2D eigenvalue weighted by Crippen LogP contribution is -2.72. The number of esters is 1. The second kappa shape index (κ2) is 14.8. The van der Waals surface area contributed by atoms with Crippen molar-refractivity contribution in [3.8, 4) is 0 Å². The van der Waals surface area contributed by atoms with Gasteiger partial charge in [0.15, 0.2) is 6.10 Å². The molecule has 2 heterocycles. The Kier molecular flexibility index (Phi) is 9.89. The molecule has 0 saturated carbocycles. The Bertz CT molecular complexity index is 1860. The summed E-state index contributed by atoms with van der Waals surface area (Å²) in [6, 6.07) is 48.7. The highest BCUT2D eigenvalue weighted by atomic mass is 32.2. The van der Waals surface area contributed by atoms with Crippen molar-refractivity contribution in [2.24, 2.45) is 5.73 Å². The van der Waals surface area contributed by atoms with Crippen LogP contribution in [-0.4, -0.2) is 45.6 Å². The number of nitrogens with zero attached hydrogens (tertiary/aromatic N) is 1. The normalized spacial score (nSPS) is 17.2. The summed E-state index contributed by atoms with van der Waals surface area (Å²) in [4.78, 5) is 42.9. The van der Waals surface area contributed by atoms with Crippen molar-refractivity contribution >= 4 is 41.3 Å². The predicted octanol–water partition coefficient (Wildman–Crippen LogP) is 6.61. The average molecular weight is 698 g/mol. The molecule has 1 fully saturated rings. The first-order valence-corrected chi connectivity index (χ1v) is 18.3. The van der Waals surface area contributed by atoms with Crippen LogP contribution in [0.25, 0.3) is 0 Å². The molecule has 3 N–H and O–H groups in total. The van der Waals surface area contributed by atoms with Gasteiger partial charge in [0.1, 0.15) is 17.1 Å². The minimum Gasteiger partial charge on any atom is -0.448 e. The van der Waals surface area contributed by atoms with Crippen LogP contribution in [0, 0.1) is 0 Å². The SMILES string of the molecule is NC(=O)CSC1=C(C(=O)OC(c2ccccc2)c2ccccc2)N2C(=O)[C@@H](NC(c3ccccc3)(c3ccccc3)c3ccccc3)[C@H]2SC1. The number of hydrogen-bond acceptors (Lipinski definition) is 7. The lowest BCUT2D eigenvalue weighted by atomic mass is 9.76. The molecule has 2 atom stereocenters. The van der Waals surface area contributed by atoms with Gasteiger partial charge in [0, 0.05) is 10.7 Å². The molecule has 2 amide bonds. The summed E-state index contributed by atoms with van der Waals surface area (Å²) < 4.78 is 6.29. The predicted molar refractivity (Wildman–Crippen MR) is 199 cm³/mol. The molecule has 9 heteroatoms. The zero-order chi connectivity index (χ0) is 34.5. The van der Waals surface area contributed by atoms with Crippen LogP contribution in [0.5, 0.6) is 0 Å². The number of nitrogens with two attached hydrogens (primary N) is 1. The van der Waals surface area contributed by atoms with Crippen LogP contribution in [-0.2, 0) is 24.7 Å². The summed E-state index contributed by atoms with van der Waals surface area (Å²) in [7, 11) is 0. The number of fused-ring (bicyclic) bond motifs is 1. The monoisotopic (exact) mass is 697 g/mol. The number of amides is 2. The number of benzene rings is 5. The van der Waals surface area contributed by atoms with Crippen LogP contribution in [0.4, 0.5) is 0 Å². The van der Waals surface area contributed by atoms with E-state index in [0.29, 0.717) is 10.7 Å². The largest absolute Gasteiger partial charge is 0.448 e. The maximum absolute atomic E-state index is 14.5. The first kappa shape index (κ1) is 33.4. The van der Waals surface area contributed by atoms with E-state index < -0.39 is 34.9 Å². The maximum atomic E-state index is 14.5. The van der Waals surface area contributed by atoms with E-state index in [4.69, 9.17) is 10.5 Å². The summed E-state index contributed by atoms with van der Waals surface area (Å²) >= 11 is 2.72. The summed E-state index contributed by atoms with van der Waals surface area (Å²) in [5, 5.41) is 3.40. The van der Waals surface area contributed by atoms with Gasteiger partial charge in [-0.25, -0.2) is 4.79 Å². The summed E-state index contributed by atoms with van der Waals surface area (Å²) in [6.07, 6.45) is -0.708. The molecule has 0 spiro atoms. The van der Waals surface area contributed by atoms with Crippen molar-refractivity contribution in [2.45, 2.75) is 23.1 Å². The third-order valence-corrected chi connectivity index (χ3v) is 11.5. The molecule has 50 heavy (non-hydrogen) atoms. The highest BCUT2D eigenvalue weighted by Gasteiger charge is 2.57. The first-order valence-electron chi connectivity index (χ1n) is 16.3.